The average Bonchev–Trinajstić information content (AvgIpc) is 2.48. The van der Waals surface area contributed by atoms with Gasteiger partial charge in [-0.25, -0.2) is 9.59 Å². The van der Waals surface area contributed by atoms with Crippen LogP contribution in [0.2, 0.25) is 0 Å². The van der Waals surface area contributed by atoms with Gasteiger partial charge in [-0.1, -0.05) is 6.92 Å². The summed E-state index contributed by atoms with van der Waals surface area (Å²) >= 11 is 0. The highest BCUT2D eigenvalue weighted by molar-refractivity contribution is 5.86. The summed E-state index contributed by atoms with van der Waals surface area (Å²) in [6, 6.07) is 4.28. The second-order valence-electron chi connectivity index (χ2n) is 4.74. The van der Waals surface area contributed by atoms with E-state index in [0.717, 1.165) is 0 Å². The third kappa shape index (κ3) is 3.30. The molecule has 1 aromatic heterocycles. The molecule has 7 nitrogen and oxygen atoms in total. The summed E-state index contributed by atoms with van der Waals surface area (Å²) in [6.07, 6.45) is 0.420. The highest BCUT2D eigenvalue weighted by Gasteiger charge is 2.18. The number of ether oxygens (including phenoxy) is 2. The summed E-state index contributed by atoms with van der Waals surface area (Å²) < 4.78 is 15.5. The highest BCUT2D eigenvalue weighted by atomic mass is 16.5. The van der Waals surface area contributed by atoms with Crippen LogP contribution < -0.4 is 15.1 Å². The first-order chi connectivity index (χ1) is 10.4. The van der Waals surface area contributed by atoms with Crippen molar-refractivity contribution in [2.45, 2.75) is 26.4 Å². The van der Waals surface area contributed by atoms with Crippen molar-refractivity contribution in [3.63, 3.8) is 0 Å². The quantitative estimate of drug-likeness (QED) is 0.787. The predicted molar refractivity (Wildman–Crippen MR) is 77.7 cm³/mol. The van der Waals surface area contributed by atoms with E-state index < -0.39 is 18.2 Å². The first kappa shape index (κ1) is 15.7. The fraction of sp³-hybridized carbons (Fsp3) is 0.333. The third-order valence-electron chi connectivity index (χ3n) is 3.07. The molecule has 0 saturated heterocycles. The first-order valence-corrected chi connectivity index (χ1v) is 6.73. The smallest absolute Gasteiger partial charge is 0.383 e. The molecule has 0 radical (unpaired) electrons. The van der Waals surface area contributed by atoms with Gasteiger partial charge in [0.2, 0.25) is 5.75 Å². The Morgan fingerprint density at radius 1 is 1.41 bits per heavy atom. The lowest BCUT2D eigenvalue weighted by atomic mass is 10.2. The van der Waals surface area contributed by atoms with Crippen LogP contribution in [0.5, 0.6) is 17.2 Å². The minimum absolute atomic E-state index is 0.0851. The van der Waals surface area contributed by atoms with E-state index in [-0.39, 0.29) is 34.3 Å². The lowest BCUT2D eigenvalue weighted by Crippen LogP contribution is -2.16. The molecular formula is C15H16O7. The van der Waals surface area contributed by atoms with Crippen molar-refractivity contribution in [2.75, 3.05) is 6.61 Å². The van der Waals surface area contributed by atoms with E-state index in [1.54, 1.807) is 6.92 Å². The first-order valence-electron chi connectivity index (χ1n) is 6.73. The van der Waals surface area contributed by atoms with Crippen molar-refractivity contribution in [1.82, 2.24) is 0 Å². The highest BCUT2D eigenvalue weighted by Crippen LogP contribution is 2.33. The lowest BCUT2D eigenvalue weighted by molar-refractivity contribution is -0.139. The number of hydrogen-bond donors (Lipinski definition) is 2. The fourth-order valence-electron chi connectivity index (χ4n) is 1.77. The van der Waals surface area contributed by atoms with E-state index in [1.165, 1.54) is 18.2 Å². The standard InChI is InChI=1S/C15H16O7/c1-3-8(2)21-14-13(18)10-5-4-9(20-7-12(16)17)6-11(10)22-15(14)19/h4-6,8,18H,3,7H2,1-2H3,(H,16,17). The number of carboxylic acid groups (broad SMARTS) is 1. The van der Waals surface area contributed by atoms with E-state index in [2.05, 4.69) is 0 Å². The maximum Gasteiger partial charge on any atom is 0.383 e. The molecule has 0 saturated carbocycles. The van der Waals surface area contributed by atoms with Gasteiger partial charge >= 0.3 is 11.6 Å². The van der Waals surface area contributed by atoms with Crippen LogP contribution in [0.1, 0.15) is 20.3 Å². The molecule has 1 aromatic carbocycles. The summed E-state index contributed by atoms with van der Waals surface area (Å²) in [5.74, 6) is -1.45. The largest absolute Gasteiger partial charge is 0.504 e. The van der Waals surface area contributed by atoms with Crippen LogP contribution >= 0.6 is 0 Å². The van der Waals surface area contributed by atoms with Crippen molar-refractivity contribution in [2.24, 2.45) is 0 Å². The van der Waals surface area contributed by atoms with E-state index in [1.807, 2.05) is 6.92 Å². The van der Waals surface area contributed by atoms with Crippen LogP contribution in [-0.2, 0) is 4.79 Å². The number of rotatable bonds is 6. The molecule has 0 aliphatic rings. The van der Waals surface area contributed by atoms with Gasteiger partial charge in [0.05, 0.1) is 11.5 Å². The van der Waals surface area contributed by atoms with Crippen molar-refractivity contribution >= 4 is 16.9 Å². The Morgan fingerprint density at radius 3 is 2.77 bits per heavy atom. The van der Waals surface area contributed by atoms with E-state index in [0.29, 0.717) is 6.42 Å². The normalized spacial score (nSPS) is 12.1. The molecular weight excluding hydrogens is 292 g/mol. The van der Waals surface area contributed by atoms with Crippen molar-refractivity contribution < 1.29 is 28.9 Å². The Morgan fingerprint density at radius 2 is 2.14 bits per heavy atom. The summed E-state index contributed by atoms with van der Waals surface area (Å²) in [4.78, 5) is 22.4. The molecule has 0 aliphatic carbocycles. The van der Waals surface area contributed by atoms with Gasteiger partial charge in [0, 0.05) is 6.07 Å². The Kier molecular flexibility index (Phi) is 4.55. The van der Waals surface area contributed by atoms with Gasteiger partial charge in [0.15, 0.2) is 12.4 Å². The Bertz CT molecular complexity index is 747. The number of fused-ring (bicyclic) bond motifs is 1. The number of hydrogen-bond acceptors (Lipinski definition) is 6. The van der Waals surface area contributed by atoms with E-state index in [9.17, 15) is 14.7 Å². The number of benzene rings is 1. The summed E-state index contributed by atoms with van der Waals surface area (Å²) in [5, 5.41) is 19.0. The molecule has 1 atom stereocenters. The minimum atomic E-state index is -1.12. The molecule has 2 N–H and O–H groups in total. The number of aliphatic carboxylic acids is 1. The van der Waals surface area contributed by atoms with Gasteiger partial charge in [-0.15, -0.1) is 0 Å². The predicted octanol–water partition coefficient (Wildman–Crippen LogP) is 2.14. The Labute approximate surface area is 125 Å². The number of carbonyl (C=O) groups is 1. The zero-order valence-corrected chi connectivity index (χ0v) is 12.2. The van der Waals surface area contributed by atoms with Gasteiger partial charge in [0.1, 0.15) is 11.3 Å². The maximum absolute atomic E-state index is 11.9. The van der Waals surface area contributed by atoms with Crippen molar-refractivity contribution in [1.29, 1.82) is 0 Å². The van der Waals surface area contributed by atoms with Gasteiger partial charge in [-0.2, -0.15) is 0 Å². The summed E-state index contributed by atoms with van der Waals surface area (Å²) in [6.45, 7) is 3.14. The SMILES string of the molecule is CCC(C)Oc1c(O)c2ccc(OCC(=O)O)cc2oc1=O. The molecule has 0 bridgehead atoms. The van der Waals surface area contributed by atoms with Gasteiger partial charge in [-0.05, 0) is 25.5 Å². The lowest BCUT2D eigenvalue weighted by Gasteiger charge is -2.13. The van der Waals surface area contributed by atoms with Crippen LogP contribution in [0.25, 0.3) is 11.0 Å². The van der Waals surface area contributed by atoms with Crippen LogP contribution in [-0.4, -0.2) is 28.9 Å². The zero-order valence-electron chi connectivity index (χ0n) is 12.2. The minimum Gasteiger partial charge on any atom is -0.504 e. The van der Waals surface area contributed by atoms with Crippen LogP contribution in [0.3, 0.4) is 0 Å². The summed E-state index contributed by atoms with van der Waals surface area (Å²) in [5.41, 5.74) is -0.720. The zero-order chi connectivity index (χ0) is 16.3. The Hall–Kier alpha value is -2.70. The number of carboxylic acids is 1. The molecule has 1 unspecified atom stereocenters. The topological polar surface area (TPSA) is 106 Å². The third-order valence-corrected chi connectivity index (χ3v) is 3.07. The molecule has 0 fully saturated rings. The molecule has 22 heavy (non-hydrogen) atoms. The van der Waals surface area contributed by atoms with Crippen LogP contribution in [0.15, 0.2) is 27.4 Å². The molecule has 2 aromatic rings. The van der Waals surface area contributed by atoms with Gasteiger partial charge < -0.3 is 24.1 Å². The fourth-order valence-corrected chi connectivity index (χ4v) is 1.77. The van der Waals surface area contributed by atoms with Crippen LogP contribution in [0.4, 0.5) is 0 Å². The van der Waals surface area contributed by atoms with Gasteiger partial charge in [0.25, 0.3) is 0 Å². The molecule has 0 amide bonds. The molecule has 0 spiro atoms. The van der Waals surface area contributed by atoms with Crippen LogP contribution in [0, 0.1) is 0 Å². The van der Waals surface area contributed by atoms with E-state index >= 15 is 0 Å². The second kappa shape index (κ2) is 6.38. The van der Waals surface area contributed by atoms with Gasteiger partial charge in [-0.3, -0.25) is 0 Å². The summed E-state index contributed by atoms with van der Waals surface area (Å²) in [7, 11) is 0. The Balaban J connectivity index is 2.42. The second-order valence-corrected chi connectivity index (χ2v) is 4.74. The average molecular weight is 308 g/mol. The molecule has 0 aliphatic heterocycles. The monoisotopic (exact) mass is 308 g/mol. The molecule has 7 heteroatoms. The molecule has 2 rings (SSSR count). The van der Waals surface area contributed by atoms with Crippen molar-refractivity contribution in [3.8, 4) is 17.2 Å². The van der Waals surface area contributed by atoms with E-state index in [4.69, 9.17) is 19.0 Å². The van der Waals surface area contributed by atoms with Crippen molar-refractivity contribution in [3.05, 3.63) is 28.6 Å². The number of aromatic hydroxyl groups is 1. The maximum atomic E-state index is 11.9. The molecule has 1 heterocycles. The molecule has 118 valence electrons.